The molecule has 4 heterocycles. The maximum atomic E-state index is 12.9. The number of nitrogens with zero attached hydrogens (tertiary/aromatic N) is 3. The molecule has 36 heavy (non-hydrogen) atoms. The standard InChI is InChI=1S/C27H33N5O4/c1-25(2)9-7-15(8-10-25)20-19(32-24(35)23-29-14-17(13-28)30-23)6-5-18(31-20)16-11-26(3)21(33)22(34)27(4,12-16)36-26/h5-7,14,16,21-22,33-34H,8-12H2,1-4H3,(H,29,30)(H,32,35)/t16?,21-,22?,26?,27-/m0/s1. The van der Waals surface area contributed by atoms with E-state index in [1.807, 2.05) is 32.0 Å². The molecule has 2 aromatic rings. The van der Waals surface area contributed by atoms with Gasteiger partial charge < -0.3 is 25.3 Å². The number of carbonyl (C=O) groups excluding carboxylic acids is 1. The van der Waals surface area contributed by atoms with Gasteiger partial charge in [0.25, 0.3) is 5.91 Å². The van der Waals surface area contributed by atoms with E-state index in [0.717, 1.165) is 36.2 Å². The molecule has 2 aliphatic heterocycles. The van der Waals surface area contributed by atoms with Crippen molar-refractivity contribution in [2.45, 2.75) is 89.1 Å². The van der Waals surface area contributed by atoms with Gasteiger partial charge in [-0.15, -0.1) is 0 Å². The maximum absolute atomic E-state index is 12.9. The van der Waals surface area contributed by atoms with E-state index in [0.29, 0.717) is 18.5 Å². The Morgan fingerprint density at radius 1 is 1.17 bits per heavy atom. The van der Waals surface area contributed by atoms with Crippen LogP contribution in [0.4, 0.5) is 5.69 Å². The zero-order valence-corrected chi connectivity index (χ0v) is 21.1. The predicted octanol–water partition coefficient (Wildman–Crippen LogP) is 3.67. The van der Waals surface area contributed by atoms with Crippen molar-refractivity contribution >= 4 is 17.2 Å². The minimum Gasteiger partial charge on any atom is -0.387 e. The van der Waals surface area contributed by atoms with Crippen molar-refractivity contribution in [2.75, 3.05) is 5.32 Å². The Balaban J connectivity index is 1.50. The Labute approximate surface area is 210 Å². The number of allylic oxidation sites excluding steroid dienone is 2. The molecule has 0 spiro atoms. The van der Waals surface area contributed by atoms with E-state index in [4.69, 9.17) is 15.0 Å². The van der Waals surface area contributed by atoms with Gasteiger partial charge in [0.2, 0.25) is 0 Å². The molecule has 5 rings (SSSR count). The van der Waals surface area contributed by atoms with Gasteiger partial charge in [0.15, 0.2) is 11.5 Å². The Morgan fingerprint density at radius 3 is 2.44 bits per heavy atom. The molecule has 2 bridgehead atoms. The second-order valence-corrected chi connectivity index (χ2v) is 11.7. The summed E-state index contributed by atoms with van der Waals surface area (Å²) in [5.74, 6) is -0.405. The first-order chi connectivity index (χ1) is 16.9. The van der Waals surface area contributed by atoms with Gasteiger partial charge in [-0.05, 0) is 69.1 Å². The van der Waals surface area contributed by atoms with Crippen molar-refractivity contribution < 1.29 is 19.7 Å². The quantitative estimate of drug-likeness (QED) is 0.511. The minimum absolute atomic E-state index is 0.0204. The number of aromatic amines is 1. The van der Waals surface area contributed by atoms with Crippen LogP contribution in [0.2, 0.25) is 0 Å². The van der Waals surface area contributed by atoms with Gasteiger partial charge in [-0.2, -0.15) is 5.26 Å². The number of hydrogen-bond donors (Lipinski definition) is 4. The normalized spacial score (nSPS) is 33.0. The molecule has 0 radical (unpaired) electrons. The summed E-state index contributed by atoms with van der Waals surface area (Å²) in [7, 11) is 0. The summed E-state index contributed by atoms with van der Waals surface area (Å²) in [4.78, 5) is 24.7. The van der Waals surface area contributed by atoms with Crippen LogP contribution in [0, 0.1) is 16.7 Å². The topological polar surface area (TPSA) is 144 Å². The number of ether oxygens (including phenoxy) is 1. The number of fused-ring (bicyclic) bond motifs is 2. The van der Waals surface area contributed by atoms with Crippen LogP contribution in [0.3, 0.4) is 0 Å². The number of aliphatic hydroxyl groups excluding tert-OH is 2. The molecule has 1 aliphatic carbocycles. The van der Waals surface area contributed by atoms with Crippen molar-refractivity contribution in [3.63, 3.8) is 0 Å². The molecule has 3 unspecified atom stereocenters. The van der Waals surface area contributed by atoms with E-state index in [1.165, 1.54) is 6.20 Å². The molecule has 2 saturated heterocycles. The summed E-state index contributed by atoms with van der Waals surface area (Å²) in [6.07, 6.45) is 5.52. The first kappa shape index (κ1) is 24.6. The average Bonchev–Trinajstić information content (AvgIpc) is 3.36. The largest absolute Gasteiger partial charge is 0.387 e. The second kappa shape index (κ2) is 8.51. The molecule has 9 nitrogen and oxygen atoms in total. The molecule has 3 aliphatic rings. The third kappa shape index (κ3) is 4.23. The molecule has 4 N–H and O–H groups in total. The smallest absolute Gasteiger partial charge is 0.291 e. The maximum Gasteiger partial charge on any atom is 0.291 e. The highest BCUT2D eigenvalue weighted by Gasteiger charge is 2.62. The fourth-order valence-electron chi connectivity index (χ4n) is 5.92. The highest BCUT2D eigenvalue weighted by Crippen LogP contribution is 2.53. The zero-order valence-electron chi connectivity index (χ0n) is 21.1. The van der Waals surface area contributed by atoms with Crippen molar-refractivity contribution in [3.8, 4) is 6.07 Å². The van der Waals surface area contributed by atoms with Crippen LogP contribution >= 0.6 is 0 Å². The third-order valence-corrected chi connectivity index (χ3v) is 8.09. The molecule has 2 aromatic heterocycles. The number of anilines is 1. The summed E-state index contributed by atoms with van der Waals surface area (Å²) in [6, 6.07) is 5.67. The summed E-state index contributed by atoms with van der Waals surface area (Å²) in [5, 5.41) is 33.3. The molecule has 190 valence electrons. The van der Waals surface area contributed by atoms with Crippen LogP contribution in [-0.4, -0.2) is 54.5 Å². The van der Waals surface area contributed by atoms with E-state index in [9.17, 15) is 15.0 Å². The number of pyridine rings is 1. The third-order valence-electron chi connectivity index (χ3n) is 8.09. The molecular weight excluding hydrogens is 458 g/mol. The summed E-state index contributed by atoms with van der Waals surface area (Å²) >= 11 is 0. The van der Waals surface area contributed by atoms with Gasteiger partial charge in [-0.1, -0.05) is 19.9 Å². The molecule has 9 heteroatoms. The van der Waals surface area contributed by atoms with Crippen LogP contribution in [0.25, 0.3) is 5.57 Å². The lowest BCUT2D eigenvalue weighted by Gasteiger charge is -2.41. The molecule has 0 saturated carbocycles. The van der Waals surface area contributed by atoms with E-state index in [-0.39, 0.29) is 22.9 Å². The van der Waals surface area contributed by atoms with Crippen LogP contribution in [0.5, 0.6) is 0 Å². The van der Waals surface area contributed by atoms with Crippen LogP contribution < -0.4 is 5.32 Å². The predicted molar refractivity (Wildman–Crippen MR) is 133 cm³/mol. The number of imidazole rings is 1. The number of hydrogen-bond acceptors (Lipinski definition) is 7. The van der Waals surface area contributed by atoms with Crippen LogP contribution in [0.15, 0.2) is 24.4 Å². The Hall–Kier alpha value is -3.06. The van der Waals surface area contributed by atoms with Gasteiger partial charge in [0.05, 0.1) is 22.6 Å². The Kier molecular flexibility index (Phi) is 5.82. The first-order valence-corrected chi connectivity index (χ1v) is 12.5. The molecule has 0 aromatic carbocycles. The Bertz CT molecular complexity index is 1260. The molecule has 1 amide bonds. The van der Waals surface area contributed by atoms with Gasteiger partial charge >= 0.3 is 0 Å². The van der Waals surface area contributed by atoms with Crippen molar-refractivity contribution in [1.82, 2.24) is 15.0 Å². The minimum atomic E-state index is -0.958. The first-order valence-electron chi connectivity index (χ1n) is 12.5. The number of rotatable bonds is 4. The number of aromatic nitrogens is 3. The van der Waals surface area contributed by atoms with Gasteiger partial charge in [0, 0.05) is 17.8 Å². The monoisotopic (exact) mass is 491 g/mol. The SMILES string of the molecule is CC1(C)CC=C(c2nc(C3CC4(C)O[C@@](C)(C3)C(O)[C@@H]4O)ccc2NC(=O)c2nc(C#N)c[nH]2)CC1. The average molecular weight is 492 g/mol. The summed E-state index contributed by atoms with van der Waals surface area (Å²) in [6.45, 7) is 8.18. The highest BCUT2D eigenvalue weighted by molar-refractivity contribution is 6.03. The van der Waals surface area contributed by atoms with E-state index >= 15 is 0 Å². The number of nitrogens with one attached hydrogen (secondary N) is 2. The lowest BCUT2D eigenvalue weighted by Crippen LogP contribution is -2.43. The molecular formula is C27H33N5O4. The number of nitriles is 1. The Morgan fingerprint density at radius 2 is 1.86 bits per heavy atom. The molecule has 5 atom stereocenters. The second-order valence-electron chi connectivity index (χ2n) is 11.7. The van der Waals surface area contributed by atoms with Crippen molar-refractivity contribution in [1.29, 1.82) is 5.26 Å². The fourth-order valence-corrected chi connectivity index (χ4v) is 5.92. The zero-order chi connectivity index (χ0) is 25.9. The van der Waals surface area contributed by atoms with E-state index in [1.54, 1.807) is 0 Å². The number of carbonyl (C=O) groups is 1. The van der Waals surface area contributed by atoms with Crippen molar-refractivity contribution in [2.24, 2.45) is 5.41 Å². The van der Waals surface area contributed by atoms with Gasteiger partial charge in [0.1, 0.15) is 18.3 Å². The van der Waals surface area contributed by atoms with Crippen LogP contribution in [-0.2, 0) is 4.74 Å². The fraction of sp³-hybridized carbons (Fsp3) is 0.556. The van der Waals surface area contributed by atoms with Gasteiger partial charge in [-0.25, -0.2) is 4.98 Å². The lowest BCUT2D eigenvalue weighted by atomic mass is 9.77. The van der Waals surface area contributed by atoms with E-state index < -0.39 is 29.3 Å². The summed E-state index contributed by atoms with van der Waals surface area (Å²) < 4.78 is 6.13. The number of H-pyrrole nitrogens is 1. The van der Waals surface area contributed by atoms with Crippen LogP contribution in [0.1, 0.15) is 93.4 Å². The van der Waals surface area contributed by atoms with Crippen molar-refractivity contribution in [3.05, 3.63) is 47.3 Å². The van der Waals surface area contributed by atoms with Gasteiger partial charge in [-0.3, -0.25) is 9.78 Å². The number of aliphatic hydroxyl groups is 2. The lowest BCUT2D eigenvalue weighted by molar-refractivity contribution is -0.153. The highest BCUT2D eigenvalue weighted by atomic mass is 16.6. The summed E-state index contributed by atoms with van der Waals surface area (Å²) in [5.41, 5.74) is 1.89. The molecule has 2 fully saturated rings. The number of amides is 1. The van der Waals surface area contributed by atoms with E-state index in [2.05, 4.69) is 35.2 Å².